The topological polar surface area (TPSA) is 52.6 Å². The summed E-state index contributed by atoms with van der Waals surface area (Å²) in [6, 6.07) is 9.36. The van der Waals surface area contributed by atoms with E-state index in [2.05, 4.69) is 4.74 Å². The van der Waals surface area contributed by atoms with E-state index in [0.717, 1.165) is 5.56 Å². The van der Waals surface area contributed by atoms with Gasteiger partial charge in [0.1, 0.15) is 0 Å². The van der Waals surface area contributed by atoms with Gasteiger partial charge in [-0.2, -0.15) is 0 Å². The minimum atomic E-state index is -0.877. The molecule has 0 heterocycles. The fourth-order valence-corrected chi connectivity index (χ4v) is 1.47. The third kappa shape index (κ3) is 4.95. The molecule has 0 aromatic heterocycles. The molecule has 0 aliphatic carbocycles. The van der Waals surface area contributed by atoms with Gasteiger partial charge in [0.25, 0.3) is 0 Å². The number of methoxy groups -OCH3 is 1. The normalized spacial score (nSPS) is 12.4. The molecule has 0 spiro atoms. The van der Waals surface area contributed by atoms with Crippen LogP contribution in [0.3, 0.4) is 0 Å². The Balaban J connectivity index is 2.63. The van der Waals surface area contributed by atoms with E-state index in [0.29, 0.717) is 0 Å². The third-order valence-corrected chi connectivity index (χ3v) is 2.49. The molecule has 1 aromatic rings. The lowest BCUT2D eigenvalue weighted by Gasteiger charge is -2.17. The average molecular weight is 262 g/mol. The molecule has 4 nitrogen and oxygen atoms in total. The first-order chi connectivity index (χ1) is 9.04. The van der Waals surface area contributed by atoms with Gasteiger partial charge in [-0.1, -0.05) is 44.2 Å². The van der Waals surface area contributed by atoms with Gasteiger partial charge < -0.3 is 9.47 Å². The van der Waals surface area contributed by atoms with E-state index >= 15 is 0 Å². The van der Waals surface area contributed by atoms with Gasteiger partial charge in [-0.3, -0.25) is 0 Å². The van der Waals surface area contributed by atoms with Gasteiger partial charge in [0.05, 0.1) is 7.11 Å². The molecular weight excluding hydrogens is 244 g/mol. The molecule has 0 saturated heterocycles. The highest BCUT2D eigenvalue weighted by atomic mass is 16.6. The van der Waals surface area contributed by atoms with Crippen molar-refractivity contribution >= 4 is 18.0 Å². The van der Waals surface area contributed by atoms with Crippen LogP contribution in [-0.2, 0) is 19.1 Å². The maximum atomic E-state index is 11.6. The fourth-order valence-electron chi connectivity index (χ4n) is 1.47. The zero-order valence-corrected chi connectivity index (χ0v) is 11.3. The second-order valence-electron chi connectivity index (χ2n) is 4.37. The van der Waals surface area contributed by atoms with E-state index in [1.807, 2.05) is 30.3 Å². The minimum absolute atomic E-state index is 0.137. The number of hydrogen-bond donors (Lipinski definition) is 0. The summed E-state index contributed by atoms with van der Waals surface area (Å²) in [6.07, 6.45) is 2.06. The Morgan fingerprint density at radius 1 is 1.16 bits per heavy atom. The highest BCUT2D eigenvalue weighted by Gasteiger charge is 2.26. The van der Waals surface area contributed by atoms with Gasteiger partial charge in [0.15, 0.2) is 0 Å². The summed E-state index contributed by atoms with van der Waals surface area (Å²) in [5, 5.41) is 0. The van der Waals surface area contributed by atoms with Gasteiger partial charge in [-0.25, -0.2) is 9.59 Å². The first-order valence-electron chi connectivity index (χ1n) is 6.06. The van der Waals surface area contributed by atoms with Crippen LogP contribution >= 0.6 is 0 Å². The lowest BCUT2D eigenvalue weighted by atomic mass is 10.1. The molecule has 4 heteroatoms. The predicted octanol–water partition coefficient (Wildman–Crippen LogP) is 2.44. The molecule has 0 N–H and O–H groups in total. The number of esters is 2. The molecule has 1 rings (SSSR count). The van der Waals surface area contributed by atoms with Crippen LogP contribution in [0.5, 0.6) is 0 Å². The maximum Gasteiger partial charge on any atom is 0.347 e. The summed E-state index contributed by atoms with van der Waals surface area (Å²) in [7, 11) is 1.27. The van der Waals surface area contributed by atoms with Crippen LogP contribution in [0.2, 0.25) is 0 Å². The summed E-state index contributed by atoms with van der Waals surface area (Å²) in [4.78, 5) is 23.1. The average Bonchev–Trinajstić information content (AvgIpc) is 2.42. The lowest BCUT2D eigenvalue weighted by Crippen LogP contribution is -2.32. The first-order valence-corrected chi connectivity index (χ1v) is 6.06. The highest BCUT2D eigenvalue weighted by Crippen LogP contribution is 2.10. The van der Waals surface area contributed by atoms with Crippen molar-refractivity contribution in [2.45, 2.75) is 20.0 Å². The standard InChI is InChI=1S/C15H18O4/c1-11(2)14(15(17)18-3)19-13(16)10-9-12-7-5-4-6-8-12/h4-11,14H,1-3H3/b10-9+/t14-/m0/s1. The van der Waals surface area contributed by atoms with Crippen molar-refractivity contribution < 1.29 is 19.1 Å². The molecule has 1 aromatic carbocycles. The Bertz CT molecular complexity index is 448. The van der Waals surface area contributed by atoms with Gasteiger partial charge >= 0.3 is 11.9 Å². The van der Waals surface area contributed by atoms with Crippen LogP contribution in [0, 0.1) is 5.92 Å². The molecular formula is C15H18O4. The van der Waals surface area contributed by atoms with Crippen molar-refractivity contribution in [3.63, 3.8) is 0 Å². The van der Waals surface area contributed by atoms with Crippen molar-refractivity contribution in [1.82, 2.24) is 0 Å². The first kappa shape index (κ1) is 15.0. The fraction of sp³-hybridized carbons (Fsp3) is 0.333. The van der Waals surface area contributed by atoms with E-state index in [4.69, 9.17) is 4.74 Å². The minimum Gasteiger partial charge on any atom is -0.466 e. The molecule has 0 saturated carbocycles. The number of rotatable bonds is 5. The van der Waals surface area contributed by atoms with Gasteiger partial charge in [-0.05, 0) is 11.6 Å². The van der Waals surface area contributed by atoms with Crippen LogP contribution < -0.4 is 0 Å². The zero-order chi connectivity index (χ0) is 14.3. The summed E-state index contributed by atoms with van der Waals surface area (Å²) >= 11 is 0. The Labute approximate surface area is 113 Å². The summed E-state index contributed by atoms with van der Waals surface area (Å²) in [6.45, 7) is 3.57. The van der Waals surface area contributed by atoms with Crippen LogP contribution in [0.15, 0.2) is 36.4 Å². The molecule has 0 radical (unpaired) electrons. The van der Waals surface area contributed by atoms with Crippen molar-refractivity contribution in [1.29, 1.82) is 0 Å². The van der Waals surface area contributed by atoms with Gasteiger partial charge in [0.2, 0.25) is 6.10 Å². The summed E-state index contributed by atoms with van der Waals surface area (Å²) in [5.74, 6) is -1.24. The molecule has 0 fully saturated rings. The van der Waals surface area contributed by atoms with Crippen LogP contribution in [0.25, 0.3) is 6.08 Å². The predicted molar refractivity (Wildman–Crippen MR) is 72.2 cm³/mol. The number of hydrogen-bond acceptors (Lipinski definition) is 4. The summed E-state index contributed by atoms with van der Waals surface area (Å²) in [5.41, 5.74) is 0.888. The quantitative estimate of drug-likeness (QED) is 0.604. The van der Waals surface area contributed by atoms with E-state index in [1.54, 1.807) is 19.9 Å². The van der Waals surface area contributed by atoms with Crippen LogP contribution in [-0.4, -0.2) is 25.2 Å². The van der Waals surface area contributed by atoms with Crippen molar-refractivity contribution in [3.05, 3.63) is 42.0 Å². The summed E-state index contributed by atoms with van der Waals surface area (Å²) < 4.78 is 9.68. The Kier molecular flexibility index (Phi) is 5.79. The molecule has 102 valence electrons. The SMILES string of the molecule is COC(=O)[C@@H](OC(=O)/C=C/c1ccccc1)C(C)C. The monoisotopic (exact) mass is 262 g/mol. The highest BCUT2D eigenvalue weighted by molar-refractivity contribution is 5.89. The van der Waals surface area contributed by atoms with E-state index in [-0.39, 0.29) is 5.92 Å². The Morgan fingerprint density at radius 3 is 2.32 bits per heavy atom. The van der Waals surface area contributed by atoms with E-state index < -0.39 is 18.0 Å². The zero-order valence-electron chi connectivity index (χ0n) is 11.3. The largest absolute Gasteiger partial charge is 0.466 e. The van der Waals surface area contributed by atoms with E-state index in [1.165, 1.54) is 13.2 Å². The molecule has 0 aliphatic heterocycles. The lowest BCUT2D eigenvalue weighted by molar-refractivity contribution is -0.166. The van der Waals surface area contributed by atoms with Crippen LogP contribution in [0.4, 0.5) is 0 Å². The molecule has 0 bridgehead atoms. The Morgan fingerprint density at radius 2 is 1.79 bits per heavy atom. The number of ether oxygens (including phenoxy) is 2. The second kappa shape index (κ2) is 7.36. The Hall–Kier alpha value is -2.10. The van der Waals surface area contributed by atoms with Crippen molar-refractivity contribution in [3.8, 4) is 0 Å². The number of carbonyl (C=O) groups excluding carboxylic acids is 2. The van der Waals surface area contributed by atoms with Crippen molar-refractivity contribution in [2.75, 3.05) is 7.11 Å². The number of carbonyl (C=O) groups is 2. The smallest absolute Gasteiger partial charge is 0.347 e. The van der Waals surface area contributed by atoms with Crippen molar-refractivity contribution in [2.24, 2.45) is 5.92 Å². The number of benzene rings is 1. The van der Waals surface area contributed by atoms with Crippen LogP contribution in [0.1, 0.15) is 19.4 Å². The molecule has 0 aliphatic rings. The van der Waals surface area contributed by atoms with E-state index in [9.17, 15) is 9.59 Å². The van der Waals surface area contributed by atoms with Gasteiger partial charge in [0, 0.05) is 12.0 Å². The molecule has 19 heavy (non-hydrogen) atoms. The molecule has 0 amide bonds. The second-order valence-corrected chi connectivity index (χ2v) is 4.37. The maximum absolute atomic E-state index is 11.6. The molecule has 1 atom stereocenters. The van der Waals surface area contributed by atoms with Gasteiger partial charge in [-0.15, -0.1) is 0 Å². The third-order valence-electron chi connectivity index (χ3n) is 2.49. The molecule has 0 unspecified atom stereocenters.